The molecule has 0 radical (unpaired) electrons. The van der Waals surface area contributed by atoms with Gasteiger partial charge in [0.2, 0.25) is 0 Å². The van der Waals surface area contributed by atoms with Gasteiger partial charge in [-0.3, -0.25) is 19.8 Å². The van der Waals surface area contributed by atoms with E-state index in [1.54, 1.807) is 0 Å². The molecule has 0 spiro atoms. The number of amides is 4. The predicted molar refractivity (Wildman–Crippen MR) is 47.2 cm³/mol. The number of nitrogens with one attached hydrogen (secondary N) is 3. The zero-order chi connectivity index (χ0) is 10.9. The predicted octanol–water partition coefficient (Wildman–Crippen LogP) is -2.17. The topological polar surface area (TPSA) is 90.5 Å². The molecule has 14 heavy (non-hydrogen) atoms. The molecule has 1 heterocycles. The van der Waals surface area contributed by atoms with Crippen LogP contribution in [0, 0.1) is 0 Å². The highest BCUT2D eigenvalue weighted by atomic mass is 16.2. The maximum absolute atomic E-state index is 11.6. The highest BCUT2D eigenvalue weighted by Crippen LogP contribution is 2.13. The van der Waals surface area contributed by atoms with Gasteiger partial charge in [-0.05, 0) is 7.05 Å². The maximum Gasteiger partial charge on any atom is 0.326 e. The Morgan fingerprint density at radius 1 is 1.43 bits per heavy atom. The smallest absolute Gasteiger partial charge is 0.326 e. The van der Waals surface area contributed by atoms with Crippen LogP contribution in [0.15, 0.2) is 0 Å². The Bertz CT molecular complexity index is 303. The lowest BCUT2D eigenvalue weighted by Crippen LogP contribution is -2.66. The molecule has 0 aromatic rings. The van der Waals surface area contributed by atoms with Crippen LogP contribution in [0.4, 0.5) is 4.79 Å². The molecule has 0 bridgehead atoms. The summed E-state index contributed by atoms with van der Waals surface area (Å²) in [5, 5.41) is 7.09. The standard InChI is InChI=1S/C7H12N4O3/c1-8-4(12)7(9-2)5(13)11(3)6(14)10-7/h9H,1-3H3,(H,8,12)(H,10,14). The Balaban J connectivity index is 3.09. The van der Waals surface area contributed by atoms with Crippen molar-refractivity contribution >= 4 is 17.8 Å². The van der Waals surface area contributed by atoms with E-state index in [0.29, 0.717) is 0 Å². The van der Waals surface area contributed by atoms with E-state index in [1.165, 1.54) is 21.1 Å². The van der Waals surface area contributed by atoms with E-state index >= 15 is 0 Å². The molecule has 1 atom stereocenters. The second-order valence-electron chi connectivity index (χ2n) is 2.87. The van der Waals surface area contributed by atoms with Crippen LogP contribution in [0.3, 0.4) is 0 Å². The largest absolute Gasteiger partial charge is 0.355 e. The van der Waals surface area contributed by atoms with Gasteiger partial charge in [-0.1, -0.05) is 0 Å². The Kier molecular flexibility index (Phi) is 2.43. The van der Waals surface area contributed by atoms with Gasteiger partial charge in [-0.2, -0.15) is 0 Å². The van der Waals surface area contributed by atoms with Crippen LogP contribution in [0.25, 0.3) is 0 Å². The fourth-order valence-electron chi connectivity index (χ4n) is 1.27. The van der Waals surface area contributed by atoms with Crippen LogP contribution in [0.5, 0.6) is 0 Å². The fourth-order valence-corrected chi connectivity index (χ4v) is 1.27. The molecule has 1 aliphatic rings. The Morgan fingerprint density at radius 2 is 2.00 bits per heavy atom. The lowest BCUT2D eigenvalue weighted by atomic mass is 10.1. The highest BCUT2D eigenvalue weighted by molar-refractivity contribution is 6.19. The second kappa shape index (κ2) is 3.26. The fraction of sp³-hybridized carbons (Fsp3) is 0.571. The maximum atomic E-state index is 11.6. The van der Waals surface area contributed by atoms with Crippen molar-refractivity contribution in [2.45, 2.75) is 5.66 Å². The van der Waals surface area contributed by atoms with Crippen LogP contribution in [0.2, 0.25) is 0 Å². The van der Waals surface area contributed by atoms with Crippen LogP contribution in [0.1, 0.15) is 0 Å². The summed E-state index contributed by atoms with van der Waals surface area (Å²) in [6.07, 6.45) is 0. The van der Waals surface area contributed by atoms with Gasteiger partial charge in [0.25, 0.3) is 17.5 Å². The van der Waals surface area contributed by atoms with Crippen molar-refractivity contribution in [2.24, 2.45) is 0 Å². The summed E-state index contributed by atoms with van der Waals surface area (Å²) in [6, 6.07) is -0.604. The molecule has 1 rings (SSSR count). The normalized spacial score (nSPS) is 26.4. The SMILES string of the molecule is CNC(=O)C1(NC)NC(=O)N(C)C1=O. The number of hydrogen-bond donors (Lipinski definition) is 3. The van der Waals surface area contributed by atoms with Crippen LogP contribution in [-0.4, -0.2) is 49.6 Å². The summed E-state index contributed by atoms with van der Waals surface area (Å²) < 4.78 is 0. The lowest BCUT2D eigenvalue weighted by molar-refractivity contribution is -0.140. The molecule has 7 nitrogen and oxygen atoms in total. The van der Waals surface area contributed by atoms with Crippen molar-refractivity contribution in [3.8, 4) is 0 Å². The number of imide groups is 1. The molecular formula is C7H12N4O3. The van der Waals surface area contributed by atoms with Crippen LogP contribution >= 0.6 is 0 Å². The zero-order valence-electron chi connectivity index (χ0n) is 8.17. The van der Waals surface area contributed by atoms with Gasteiger partial charge in [0.05, 0.1) is 0 Å². The summed E-state index contributed by atoms with van der Waals surface area (Å²) in [6.45, 7) is 0. The molecule has 0 aliphatic carbocycles. The molecule has 3 N–H and O–H groups in total. The van der Waals surface area contributed by atoms with E-state index in [0.717, 1.165) is 4.90 Å². The number of nitrogens with zero attached hydrogens (tertiary/aromatic N) is 1. The number of carbonyl (C=O) groups excluding carboxylic acids is 3. The lowest BCUT2D eigenvalue weighted by Gasteiger charge is -2.23. The first-order valence-electron chi connectivity index (χ1n) is 4.01. The van der Waals surface area contributed by atoms with Gasteiger partial charge in [0.15, 0.2) is 0 Å². The first kappa shape index (κ1) is 10.5. The minimum atomic E-state index is -1.67. The van der Waals surface area contributed by atoms with Gasteiger partial charge < -0.3 is 10.6 Å². The van der Waals surface area contributed by atoms with Crippen LogP contribution < -0.4 is 16.0 Å². The van der Waals surface area contributed by atoms with Gasteiger partial charge in [-0.15, -0.1) is 0 Å². The van der Waals surface area contributed by atoms with Crippen molar-refractivity contribution in [2.75, 3.05) is 21.1 Å². The van der Waals surface area contributed by atoms with Gasteiger partial charge >= 0.3 is 6.03 Å². The van der Waals surface area contributed by atoms with E-state index in [2.05, 4.69) is 16.0 Å². The average molecular weight is 200 g/mol. The minimum Gasteiger partial charge on any atom is -0.355 e. The van der Waals surface area contributed by atoms with Gasteiger partial charge in [-0.25, -0.2) is 4.79 Å². The number of rotatable bonds is 2. The quantitative estimate of drug-likeness (QED) is 0.349. The number of carbonyl (C=O) groups is 3. The molecule has 4 amide bonds. The third-order valence-corrected chi connectivity index (χ3v) is 2.17. The molecule has 1 saturated heterocycles. The minimum absolute atomic E-state index is 0.595. The van der Waals surface area contributed by atoms with Crippen LogP contribution in [-0.2, 0) is 9.59 Å². The molecule has 1 fully saturated rings. The zero-order valence-corrected chi connectivity index (χ0v) is 8.17. The van der Waals surface area contributed by atoms with Gasteiger partial charge in [0, 0.05) is 14.1 Å². The number of hydrogen-bond acceptors (Lipinski definition) is 4. The molecule has 1 unspecified atom stereocenters. The van der Waals surface area contributed by atoms with E-state index in [-0.39, 0.29) is 0 Å². The summed E-state index contributed by atoms with van der Waals surface area (Å²) >= 11 is 0. The Morgan fingerprint density at radius 3 is 2.29 bits per heavy atom. The Hall–Kier alpha value is -1.63. The average Bonchev–Trinajstić information content (AvgIpc) is 2.42. The summed E-state index contributed by atoms with van der Waals surface area (Å²) in [5.41, 5.74) is -1.67. The molecule has 0 saturated carbocycles. The third kappa shape index (κ3) is 1.13. The monoisotopic (exact) mass is 200 g/mol. The van der Waals surface area contributed by atoms with Crippen molar-refractivity contribution < 1.29 is 14.4 Å². The third-order valence-electron chi connectivity index (χ3n) is 2.17. The van der Waals surface area contributed by atoms with Crippen molar-refractivity contribution in [3.63, 3.8) is 0 Å². The molecule has 0 aromatic heterocycles. The molecule has 78 valence electrons. The van der Waals surface area contributed by atoms with Gasteiger partial charge in [0.1, 0.15) is 0 Å². The summed E-state index contributed by atoms with van der Waals surface area (Å²) in [5.74, 6) is -1.22. The van der Waals surface area contributed by atoms with E-state index in [1.807, 2.05) is 0 Å². The first-order valence-corrected chi connectivity index (χ1v) is 4.01. The summed E-state index contributed by atoms with van der Waals surface area (Å²) in [7, 11) is 4.12. The van der Waals surface area contributed by atoms with Crippen molar-refractivity contribution in [1.29, 1.82) is 0 Å². The van der Waals surface area contributed by atoms with Crippen molar-refractivity contribution in [3.05, 3.63) is 0 Å². The Labute approximate surface area is 80.8 Å². The molecule has 0 aromatic carbocycles. The van der Waals surface area contributed by atoms with Crippen molar-refractivity contribution in [1.82, 2.24) is 20.9 Å². The second-order valence-corrected chi connectivity index (χ2v) is 2.87. The first-order chi connectivity index (χ1) is 6.49. The van der Waals surface area contributed by atoms with E-state index in [4.69, 9.17) is 0 Å². The molecular weight excluding hydrogens is 188 g/mol. The molecule has 7 heteroatoms. The highest BCUT2D eigenvalue weighted by Gasteiger charge is 2.54. The summed E-state index contributed by atoms with van der Waals surface area (Å²) in [4.78, 5) is 35.0. The van der Waals surface area contributed by atoms with E-state index in [9.17, 15) is 14.4 Å². The van der Waals surface area contributed by atoms with E-state index < -0.39 is 23.5 Å². The number of likely N-dealkylation sites (N-methyl/N-ethyl adjacent to an activating group) is 3. The molecule has 1 aliphatic heterocycles. The number of urea groups is 1.